The highest BCUT2D eigenvalue weighted by atomic mass is 16.5. The molecule has 0 aromatic heterocycles. The molecular formula is C52H39NO. The van der Waals surface area contributed by atoms with Gasteiger partial charge in [-0.2, -0.15) is 0 Å². The van der Waals surface area contributed by atoms with Crippen molar-refractivity contribution in [2.75, 3.05) is 5.32 Å². The lowest BCUT2D eigenvalue weighted by Crippen LogP contribution is -2.26. The van der Waals surface area contributed by atoms with Crippen LogP contribution in [0.4, 0.5) is 5.69 Å². The van der Waals surface area contributed by atoms with Crippen molar-refractivity contribution in [2.24, 2.45) is 0 Å². The topological polar surface area (TPSA) is 21.3 Å². The molecule has 2 aliphatic rings. The van der Waals surface area contributed by atoms with E-state index in [9.17, 15) is 0 Å². The third-order valence-corrected chi connectivity index (χ3v) is 10.5. The van der Waals surface area contributed by atoms with Crippen LogP contribution in [0, 0.1) is 0 Å². The molecule has 0 amide bonds. The molecule has 2 heteroatoms. The van der Waals surface area contributed by atoms with Gasteiger partial charge in [0.05, 0.1) is 6.04 Å². The van der Waals surface area contributed by atoms with Gasteiger partial charge in [0.15, 0.2) is 0 Å². The molecule has 1 aliphatic heterocycles. The van der Waals surface area contributed by atoms with E-state index in [0.717, 1.165) is 33.9 Å². The molecule has 7 aromatic rings. The molecule has 7 aromatic carbocycles. The average molecular weight is 694 g/mol. The first-order valence-corrected chi connectivity index (χ1v) is 18.5. The predicted molar refractivity (Wildman–Crippen MR) is 228 cm³/mol. The molecule has 2 atom stereocenters. The number of para-hydroxylation sites is 1. The molecule has 54 heavy (non-hydrogen) atoms. The number of hydrogen-bond acceptors (Lipinski definition) is 2. The van der Waals surface area contributed by atoms with Crippen molar-refractivity contribution >= 4 is 33.4 Å². The lowest BCUT2D eigenvalue weighted by atomic mass is 9.83. The summed E-state index contributed by atoms with van der Waals surface area (Å²) in [7, 11) is 0. The quantitative estimate of drug-likeness (QED) is 0.179. The van der Waals surface area contributed by atoms with Crippen LogP contribution in [-0.4, -0.2) is 6.04 Å². The molecule has 1 aliphatic carbocycles. The van der Waals surface area contributed by atoms with Crippen molar-refractivity contribution in [3.8, 4) is 28.0 Å². The Labute approximate surface area is 317 Å². The van der Waals surface area contributed by atoms with Gasteiger partial charge in [0.1, 0.15) is 11.5 Å². The van der Waals surface area contributed by atoms with Crippen LogP contribution in [0.15, 0.2) is 213 Å². The van der Waals surface area contributed by atoms with E-state index < -0.39 is 0 Å². The third-order valence-electron chi connectivity index (χ3n) is 10.5. The van der Waals surface area contributed by atoms with Gasteiger partial charge in [0, 0.05) is 28.1 Å². The zero-order valence-electron chi connectivity index (χ0n) is 29.9. The number of nitrogens with one attached hydrogen (secondary N) is 1. The van der Waals surface area contributed by atoms with Gasteiger partial charge in [-0.3, -0.25) is 0 Å². The van der Waals surface area contributed by atoms with E-state index in [2.05, 4.69) is 182 Å². The number of allylic oxidation sites excluding steroid dienone is 6. The van der Waals surface area contributed by atoms with E-state index in [4.69, 9.17) is 4.74 Å². The molecule has 0 bridgehead atoms. The Morgan fingerprint density at radius 3 is 1.89 bits per heavy atom. The van der Waals surface area contributed by atoms with Crippen LogP contribution in [0.25, 0.3) is 49.9 Å². The summed E-state index contributed by atoms with van der Waals surface area (Å²) in [5.74, 6) is 1.69. The Morgan fingerprint density at radius 2 is 1.13 bits per heavy atom. The van der Waals surface area contributed by atoms with Crippen molar-refractivity contribution in [3.63, 3.8) is 0 Å². The van der Waals surface area contributed by atoms with Gasteiger partial charge in [-0.1, -0.05) is 195 Å². The molecule has 0 radical (unpaired) electrons. The third kappa shape index (κ3) is 6.74. The highest BCUT2D eigenvalue weighted by Crippen LogP contribution is 2.37. The predicted octanol–water partition coefficient (Wildman–Crippen LogP) is 13.4. The van der Waals surface area contributed by atoms with Gasteiger partial charge in [0.25, 0.3) is 0 Å². The first-order chi connectivity index (χ1) is 26.7. The number of rotatable bonds is 7. The van der Waals surface area contributed by atoms with E-state index in [1.54, 1.807) is 0 Å². The van der Waals surface area contributed by atoms with Crippen molar-refractivity contribution in [3.05, 3.63) is 235 Å². The minimum Gasteiger partial charge on any atom is -0.456 e. The average Bonchev–Trinajstić information content (AvgIpc) is 3.23. The van der Waals surface area contributed by atoms with Crippen molar-refractivity contribution in [1.29, 1.82) is 0 Å². The van der Waals surface area contributed by atoms with Gasteiger partial charge in [0.2, 0.25) is 0 Å². The Hall–Kier alpha value is -6.90. The normalized spacial score (nSPS) is 18.0. The van der Waals surface area contributed by atoms with E-state index >= 15 is 0 Å². The van der Waals surface area contributed by atoms with Crippen LogP contribution in [0.1, 0.15) is 28.2 Å². The fourth-order valence-corrected chi connectivity index (χ4v) is 7.52. The summed E-state index contributed by atoms with van der Waals surface area (Å²) in [4.78, 5) is 0. The Bertz CT molecular complexity index is 2580. The van der Waals surface area contributed by atoms with Gasteiger partial charge < -0.3 is 10.1 Å². The standard InChI is InChI=1S/C52H39NO/c1-36-11-9-20-51(54-52-19-8-7-16-46(36)52)44-31-29-43(30-32-44)48-35-45(33-34-50(48)53-49-18-10-15-42-14-5-6-17-47(42)49)41-27-25-40(26-28-41)39-23-21-38(22-24-39)37-12-3-2-4-13-37/h2-35,48,50,53H,1H2/b11-9-,51-20-. The molecule has 0 saturated carbocycles. The Kier molecular flexibility index (Phi) is 8.92. The molecular weight excluding hydrogens is 655 g/mol. The van der Waals surface area contributed by atoms with Gasteiger partial charge in [-0.15, -0.1) is 0 Å². The summed E-state index contributed by atoms with van der Waals surface area (Å²) >= 11 is 0. The molecule has 0 saturated heterocycles. The maximum atomic E-state index is 6.48. The summed E-state index contributed by atoms with van der Waals surface area (Å²) in [5.41, 5.74) is 12.6. The lowest BCUT2D eigenvalue weighted by Gasteiger charge is -2.29. The van der Waals surface area contributed by atoms with E-state index in [1.165, 1.54) is 49.7 Å². The fourth-order valence-electron chi connectivity index (χ4n) is 7.52. The van der Waals surface area contributed by atoms with E-state index in [-0.39, 0.29) is 12.0 Å². The SMILES string of the molecule is C=C1/C=C\C=C(\c2ccc(C3C=C(c4ccc(-c5ccc(-c6ccccc6)cc5)cc4)C=CC3Nc3cccc4ccccc34)cc2)Oc2ccccc21. The summed E-state index contributed by atoms with van der Waals surface area (Å²) in [6.07, 6.45) is 13.1. The lowest BCUT2D eigenvalue weighted by molar-refractivity contribution is 0.513. The molecule has 1 N–H and O–H groups in total. The maximum Gasteiger partial charge on any atom is 0.135 e. The smallest absolute Gasteiger partial charge is 0.135 e. The van der Waals surface area contributed by atoms with Gasteiger partial charge >= 0.3 is 0 Å². The zero-order valence-corrected chi connectivity index (χ0v) is 29.9. The largest absolute Gasteiger partial charge is 0.456 e. The van der Waals surface area contributed by atoms with Crippen LogP contribution >= 0.6 is 0 Å². The molecule has 1 heterocycles. The van der Waals surface area contributed by atoms with Gasteiger partial charge in [-0.25, -0.2) is 0 Å². The number of hydrogen-bond donors (Lipinski definition) is 1. The Balaban J connectivity index is 1.02. The summed E-state index contributed by atoms with van der Waals surface area (Å²) in [5, 5.41) is 6.35. The number of anilines is 1. The van der Waals surface area contributed by atoms with Crippen LogP contribution in [0.2, 0.25) is 0 Å². The first kappa shape index (κ1) is 33.0. The molecule has 0 spiro atoms. The van der Waals surface area contributed by atoms with E-state index in [0.29, 0.717) is 0 Å². The summed E-state index contributed by atoms with van der Waals surface area (Å²) < 4.78 is 6.48. The van der Waals surface area contributed by atoms with Crippen molar-refractivity contribution < 1.29 is 4.74 Å². The van der Waals surface area contributed by atoms with Crippen molar-refractivity contribution in [1.82, 2.24) is 0 Å². The maximum absolute atomic E-state index is 6.48. The zero-order chi connectivity index (χ0) is 36.3. The van der Waals surface area contributed by atoms with Crippen LogP contribution in [0.5, 0.6) is 5.75 Å². The Morgan fingerprint density at radius 1 is 0.519 bits per heavy atom. The minimum atomic E-state index is 0.0467. The van der Waals surface area contributed by atoms with Crippen LogP contribution in [0.3, 0.4) is 0 Å². The fraction of sp³-hybridized carbons (Fsp3) is 0.0385. The van der Waals surface area contributed by atoms with Crippen LogP contribution in [-0.2, 0) is 0 Å². The highest BCUT2D eigenvalue weighted by molar-refractivity contribution is 5.94. The second-order valence-electron chi connectivity index (χ2n) is 13.9. The van der Waals surface area contributed by atoms with Gasteiger partial charge in [-0.05, 0) is 68.1 Å². The molecule has 258 valence electrons. The van der Waals surface area contributed by atoms with Crippen LogP contribution < -0.4 is 10.1 Å². The molecule has 9 rings (SSSR count). The minimum absolute atomic E-state index is 0.0467. The van der Waals surface area contributed by atoms with E-state index in [1.807, 2.05) is 36.4 Å². The first-order valence-electron chi connectivity index (χ1n) is 18.5. The number of ether oxygens (including phenoxy) is 1. The monoisotopic (exact) mass is 693 g/mol. The second kappa shape index (κ2) is 14.6. The second-order valence-corrected chi connectivity index (χ2v) is 13.9. The summed E-state index contributed by atoms with van der Waals surface area (Å²) in [6.45, 7) is 4.22. The summed E-state index contributed by atoms with van der Waals surface area (Å²) in [6, 6.07) is 60.3. The number of benzene rings is 7. The molecule has 0 fully saturated rings. The molecule has 2 nitrogen and oxygen atoms in total. The molecule has 2 unspecified atom stereocenters. The van der Waals surface area contributed by atoms with Crippen molar-refractivity contribution in [2.45, 2.75) is 12.0 Å². The number of fused-ring (bicyclic) bond motifs is 2. The highest BCUT2D eigenvalue weighted by Gasteiger charge is 2.24.